The van der Waals surface area contributed by atoms with E-state index in [0.29, 0.717) is 5.69 Å². The van der Waals surface area contributed by atoms with Gasteiger partial charge in [0.05, 0.1) is 5.69 Å². The molecule has 2 N–H and O–H groups in total. The number of H-pyrrole nitrogens is 1. The number of benzene rings is 1. The van der Waals surface area contributed by atoms with Gasteiger partial charge in [0.2, 0.25) is 0 Å². The van der Waals surface area contributed by atoms with Crippen molar-refractivity contribution in [3.05, 3.63) is 54.4 Å². The number of aromatic amines is 1. The highest BCUT2D eigenvalue weighted by molar-refractivity contribution is 5.92. The summed E-state index contributed by atoms with van der Waals surface area (Å²) in [6.07, 6.45) is 3.63. The third-order valence-corrected chi connectivity index (χ3v) is 5.00. The molecule has 0 radical (unpaired) electrons. The van der Waals surface area contributed by atoms with Gasteiger partial charge in [0.1, 0.15) is 5.69 Å². The lowest BCUT2D eigenvalue weighted by Crippen LogP contribution is -2.45. The molecule has 1 fully saturated rings. The number of hydrogen-bond donors (Lipinski definition) is 2. The van der Waals surface area contributed by atoms with E-state index >= 15 is 0 Å². The molecule has 140 valence electrons. The van der Waals surface area contributed by atoms with Gasteiger partial charge in [-0.25, -0.2) is 0 Å². The Morgan fingerprint density at radius 2 is 2.00 bits per heavy atom. The molecular formula is C20H24N6O. The highest BCUT2D eigenvalue weighted by Gasteiger charge is 2.23. The average Bonchev–Trinajstić information content (AvgIpc) is 3.39. The Labute approximate surface area is 158 Å². The lowest BCUT2D eigenvalue weighted by atomic mass is 10.0. The van der Waals surface area contributed by atoms with Crippen molar-refractivity contribution < 1.29 is 4.79 Å². The summed E-state index contributed by atoms with van der Waals surface area (Å²) in [6.45, 7) is 4.50. The van der Waals surface area contributed by atoms with Crippen LogP contribution in [0.1, 0.15) is 30.3 Å². The van der Waals surface area contributed by atoms with Crippen molar-refractivity contribution in [3.8, 4) is 11.3 Å². The number of amides is 1. The van der Waals surface area contributed by atoms with Crippen LogP contribution in [0.25, 0.3) is 11.3 Å². The second-order valence-electron chi connectivity index (χ2n) is 6.80. The molecule has 3 aromatic rings. The standard InChI is InChI=1S/C20H24N6O/c1-2-26-13-10-17(24-26)20(27)21-16-8-11-25(12-9-16)19-14-18(22-23-19)15-6-4-3-5-7-15/h3-7,10,13-14,16H,2,8-9,11-12H2,1H3,(H,21,27)(H,22,23). The van der Waals surface area contributed by atoms with E-state index in [-0.39, 0.29) is 11.9 Å². The van der Waals surface area contributed by atoms with E-state index in [9.17, 15) is 4.79 Å². The van der Waals surface area contributed by atoms with Gasteiger partial charge >= 0.3 is 0 Å². The Kier molecular flexibility index (Phi) is 4.91. The number of carbonyl (C=O) groups is 1. The van der Waals surface area contributed by atoms with Gasteiger partial charge in [-0.15, -0.1) is 0 Å². The summed E-state index contributed by atoms with van der Waals surface area (Å²) >= 11 is 0. The van der Waals surface area contributed by atoms with E-state index in [1.807, 2.05) is 31.3 Å². The van der Waals surface area contributed by atoms with Gasteiger partial charge in [-0.2, -0.15) is 10.2 Å². The lowest BCUT2D eigenvalue weighted by molar-refractivity contribution is 0.0925. The molecule has 0 bridgehead atoms. The molecule has 0 saturated carbocycles. The van der Waals surface area contributed by atoms with E-state index in [2.05, 4.69) is 43.7 Å². The van der Waals surface area contributed by atoms with Crippen molar-refractivity contribution in [2.24, 2.45) is 0 Å². The number of nitrogens with zero attached hydrogens (tertiary/aromatic N) is 4. The first-order valence-electron chi connectivity index (χ1n) is 9.43. The summed E-state index contributed by atoms with van der Waals surface area (Å²) in [6, 6.07) is 14.2. The summed E-state index contributed by atoms with van der Waals surface area (Å²) in [4.78, 5) is 14.6. The molecule has 1 amide bonds. The molecule has 0 aliphatic carbocycles. The molecule has 1 aromatic carbocycles. The number of nitrogens with one attached hydrogen (secondary N) is 2. The monoisotopic (exact) mass is 364 g/mol. The molecule has 2 aromatic heterocycles. The average molecular weight is 364 g/mol. The molecule has 1 aliphatic heterocycles. The number of carbonyl (C=O) groups excluding carboxylic acids is 1. The van der Waals surface area contributed by atoms with Gasteiger partial charge in [0.15, 0.2) is 5.82 Å². The van der Waals surface area contributed by atoms with Crippen molar-refractivity contribution in [2.45, 2.75) is 32.4 Å². The summed E-state index contributed by atoms with van der Waals surface area (Å²) in [5, 5.41) is 15.0. The molecular weight excluding hydrogens is 340 g/mol. The van der Waals surface area contributed by atoms with Gasteiger partial charge in [-0.05, 0) is 31.4 Å². The minimum atomic E-state index is -0.0909. The predicted octanol–water partition coefficient (Wildman–Crippen LogP) is 2.69. The molecule has 1 aliphatic rings. The minimum Gasteiger partial charge on any atom is -0.355 e. The molecule has 3 heterocycles. The van der Waals surface area contributed by atoms with Crippen LogP contribution in [-0.4, -0.2) is 45.0 Å². The van der Waals surface area contributed by atoms with Gasteiger partial charge in [-0.1, -0.05) is 30.3 Å². The molecule has 7 heteroatoms. The van der Waals surface area contributed by atoms with Crippen molar-refractivity contribution in [2.75, 3.05) is 18.0 Å². The second-order valence-corrected chi connectivity index (χ2v) is 6.80. The zero-order valence-corrected chi connectivity index (χ0v) is 15.4. The van der Waals surface area contributed by atoms with Crippen molar-refractivity contribution in [1.29, 1.82) is 0 Å². The zero-order valence-electron chi connectivity index (χ0n) is 15.4. The van der Waals surface area contributed by atoms with Crippen LogP contribution >= 0.6 is 0 Å². The fourth-order valence-corrected chi connectivity index (χ4v) is 3.41. The fraction of sp³-hybridized carbons (Fsp3) is 0.350. The maximum absolute atomic E-state index is 12.3. The maximum Gasteiger partial charge on any atom is 0.271 e. The van der Waals surface area contributed by atoms with Crippen molar-refractivity contribution >= 4 is 11.7 Å². The quantitative estimate of drug-likeness (QED) is 0.730. The lowest BCUT2D eigenvalue weighted by Gasteiger charge is -2.32. The fourth-order valence-electron chi connectivity index (χ4n) is 3.41. The minimum absolute atomic E-state index is 0.0909. The van der Waals surface area contributed by atoms with Crippen LogP contribution < -0.4 is 10.2 Å². The number of aryl methyl sites for hydroxylation is 1. The summed E-state index contributed by atoms with van der Waals surface area (Å²) in [7, 11) is 0. The Morgan fingerprint density at radius 3 is 2.70 bits per heavy atom. The number of aromatic nitrogens is 4. The summed E-state index contributed by atoms with van der Waals surface area (Å²) < 4.78 is 1.76. The molecule has 7 nitrogen and oxygen atoms in total. The van der Waals surface area contributed by atoms with Crippen LogP contribution in [-0.2, 0) is 6.54 Å². The number of rotatable bonds is 5. The largest absolute Gasteiger partial charge is 0.355 e. The van der Waals surface area contributed by atoms with Gasteiger partial charge in [-0.3, -0.25) is 14.6 Å². The van der Waals surface area contributed by atoms with E-state index in [0.717, 1.165) is 49.6 Å². The van der Waals surface area contributed by atoms with Gasteiger partial charge in [0.25, 0.3) is 5.91 Å². The Morgan fingerprint density at radius 1 is 1.22 bits per heavy atom. The Hall–Kier alpha value is -3.09. The first kappa shape index (κ1) is 17.3. The number of hydrogen-bond acceptors (Lipinski definition) is 4. The van der Waals surface area contributed by atoms with Crippen LogP contribution in [0.2, 0.25) is 0 Å². The van der Waals surface area contributed by atoms with E-state index < -0.39 is 0 Å². The van der Waals surface area contributed by atoms with Crippen molar-refractivity contribution in [1.82, 2.24) is 25.3 Å². The second kappa shape index (κ2) is 7.65. The summed E-state index contributed by atoms with van der Waals surface area (Å²) in [5.41, 5.74) is 2.64. The number of piperidine rings is 1. The molecule has 0 atom stereocenters. The van der Waals surface area contributed by atoms with Gasteiger partial charge in [0, 0.05) is 37.9 Å². The van der Waals surface area contributed by atoms with Crippen LogP contribution in [0.15, 0.2) is 48.7 Å². The van der Waals surface area contributed by atoms with Gasteiger partial charge < -0.3 is 10.2 Å². The van der Waals surface area contributed by atoms with E-state index in [4.69, 9.17) is 0 Å². The Bertz CT molecular complexity index is 892. The first-order valence-corrected chi connectivity index (χ1v) is 9.43. The van der Waals surface area contributed by atoms with Crippen LogP contribution in [0.3, 0.4) is 0 Å². The normalized spacial score (nSPS) is 15.1. The predicted molar refractivity (Wildman–Crippen MR) is 105 cm³/mol. The van der Waals surface area contributed by atoms with E-state index in [1.54, 1.807) is 10.7 Å². The first-order chi connectivity index (χ1) is 13.2. The zero-order chi connectivity index (χ0) is 18.6. The highest BCUT2D eigenvalue weighted by Crippen LogP contribution is 2.24. The molecule has 27 heavy (non-hydrogen) atoms. The SMILES string of the molecule is CCn1ccc(C(=O)NC2CCN(c3cc(-c4ccccc4)[nH]n3)CC2)n1. The molecule has 4 rings (SSSR count). The third kappa shape index (κ3) is 3.86. The van der Waals surface area contributed by atoms with E-state index in [1.165, 1.54) is 0 Å². The third-order valence-electron chi connectivity index (χ3n) is 5.00. The van der Waals surface area contributed by atoms with Crippen LogP contribution in [0, 0.1) is 0 Å². The van der Waals surface area contributed by atoms with Crippen LogP contribution in [0.4, 0.5) is 5.82 Å². The number of anilines is 1. The maximum atomic E-state index is 12.3. The molecule has 1 saturated heterocycles. The highest BCUT2D eigenvalue weighted by atomic mass is 16.2. The Balaban J connectivity index is 1.32. The van der Waals surface area contributed by atoms with Crippen LogP contribution in [0.5, 0.6) is 0 Å². The summed E-state index contributed by atoms with van der Waals surface area (Å²) in [5.74, 6) is 0.868. The molecule has 0 unspecified atom stereocenters. The molecule has 0 spiro atoms. The topological polar surface area (TPSA) is 78.8 Å². The van der Waals surface area contributed by atoms with Crippen molar-refractivity contribution in [3.63, 3.8) is 0 Å². The smallest absolute Gasteiger partial charge is 0.271 e.